The largest absolute Gasteiger partial charge is 0.349 e. The molecule has 88 valence electrons. The zero-order valence-electron chi connectivity index (χ0n) is 8.51. The van der Waals surface area contributed by atoms with Gasteiger partial charge < -0.3 is 16.0 Å². The SMILES string of the molecule is Cl.O=C(NC1CCNC1)C1(F)CCNC1. The molecule has 15 heavy (non-hydrogen) atoms. The Kier molecular flexibility index (Phi) is 4.31. The molecule has 0 radical (unpaired) electrons. The Hall–Kier alpha value is -0.390. The lowest BCUT2D eigenvalue weighted by molar-refractivity contribution is -0.132. The normalized spacial score (nSPS) is 34.9. The van der Waals surface area contributed by atoms with E-state index in [0.29, 0.717) is 13.0 Å². The van der Waals surface area contributed by atoms with Crippen molar-refractivity contribution in [2.24, 2.45) is 0 Å². The van der Waals surface area contributed by atoms with Crippen LogP contribution >= 0.6 is 12.4 Å². The number of carbonyl (C=O) groups is 1. The van der Waals surface area contributed by atoms with E-state index in [9.17, 15) is 9.18 Å². The number of nitrogens with one attached hydrogen (secondary N) is 3. The Morgan fingerprint density at radius 2 is 2.20 bits per heavy atom. The molecule has 2 aliphatic heterocycles. The molecule has 2 aliphatic rings. The standard InChI is InChI=1S/C9H16FN3O.ClH/c10-9(2-4-12-6-9)8(14)13-7-1-3-11-5-7;/h7,11-12H,1-6H2,(H,13,14);1H. The first-order chi connectivity index (χ1) is 6.71. The predicted molar refractivity (Wildman–Crippen MR) is 58.0 cm³/mol. The van der Waals surface area contributed by atoms with E-state index in [2.05, 4.69) is 16.0 Å². The first kappa shape index (κ1) is 12.7. The van der Waals surface area contributed by atoms with Crippen molar-refractivity contribution < 1.29 is 9.18 Å². The second-order valence-corrected chi connectivity index (χ2v) is 4.06. The van der Waals surface area contributed by atoms with E-state index < -0.39 is 11.6 Å². The van der Waals surface area contributed by atoms with E-state index in [4.69, 9.17) is 0 Å². The van der Waals surface area contributed by atoms with Gasteiger partial charge in [-0.2, -0.15) is 0 Å². The van der Waals surface area contributed by atoms with Gasteiger partial charge in [0.15, 0.2) is 0 Å². The minimum atomic E-state index is -1.68. The Bertz CT molecular complexity index is 227. The van der Waals surface area contributed by atoms with Crippen LogP contribution in [0.2, 0.25) is 0 Å². The minimum absolute atomic E-state index is 0. The van der Waals surface area contributed by atoms with Crippen LogP contribution in [0.4, 0.5) is 4.39 Å². The number of rotatable bonds is 2. The molecular formula is C9H17ClFN3O. The molecule has 1 amide bonds. The number of alkyl halides is 1. The molecule has 0 saturated carbocycles. The van der Waals surface area contributed by atoms with Crippen LogP contribution in [-0.2, 0) is 4.79 Å². The Morgan fingerprint density at radius 1 is 1.40 bits per heavy atom. The van der Waals surface area contributed by atoms with Gasteiger partial charge in [-0.25, -0.2) is 4.39 Å². The second-order valence-electron chi connectivity index (χ2n) is 4.06. The van der Waals surface area contributed by atoms with E-state index in [1.165, 1.54) is 0 Å². The summed E-state index contributed by atoms with van der Waals surface area (Å²) in [5, 5.41) is 8.74. The summed E-state index contributed by atoms with van der Waals surface area (Å²) in [5.74, 6) is -0.448. The van der Waals surface area contributed by atoms with Crippen LogP contribution in [0, 0.1) is 0 Å². The second kappa shape index (κ2) is 5.09. The Morgan fingerprint density at radius 3 is 2.73 bits per heavy atom. The van der Waals surface area contributed by atoms with Gasteiger partial charge in [-0.05, 0) is 19.5 Å². The van der Waals surface area contributed by atoms with Gasteiger partial charge in [-0.3, -0.25) is 4.79 Å². The van der Waals surface area contributed by atoms with Crippen molar-refractivity contribution in [3.05, 3.63) is 0 Å². The summed E-state index contributed by atoms with van der Waals surface area (Å²) in [6.45, 7) is 2.41. The van der Waals surface area contributed by atoms with Crippen LogP contribution in [0.1, 0.15) is 12.8 Å². The zero-order valence-corrected chi connectivity index (χ0v) is 9.33. The van der Waals surface area contributed by atoms with Crippen molar-refractivity contribution in [1.82, 2.24) is 16.0 Å². The molecule has 2 atom stereocenters. The highest BCUT2D eigenvalue weighted by Crippen LogP contribution is 2.20. The van der Waals surface area contributed by atoms with Gasteiger partial charge >= 0.3 is 0 Å². The topological polar surface area (TPSA) is 53.2 Å². The summed E-state index contributed by atoms with van der Waals surface area (Å²) in [4.78, 5) is 11.6. The Balaban J connectivity index is 0.00000112. The third-order valence-corrected chi connectivity index (χ3v) is 2.91. The zero-order chi connectivity index (χ0) is 10.0. The third kappa shape index (κ3) is 2.80. The number of carbonyl (C=O) groups excluding carboxylic acids is 1. The van der Waals surface area contributed by atoms with Crippen molar-refractivity contribution >= 4 is 18.3 Å². The summed E-state index contributed by atoms with van der Waals surface area (Å²) < 4.78 is 13.9. The Labute approximate surface area is 94.8 Å². The molecule has 6 heteroatoms. The number of halogens is 2. The summed E-state index contributed by atoms with van der Waals surface area (Å²) >= 11 is 0. The van der Waals surface area contributed by atoms with Crippen molar-refractivity contribution in [3.8, 4) is 0 Å². The van der Waals surface area contributed by atoms with Crippen LogP contribution in [0.25, 0.3) is 0 Å². The fourth-order valence-corrected chi connectivity index (χ4v) is 1.95. The number of hydrogen-bond acceptors (Lipinski definition) is 3. The summed E-state index contributed by atoms with van der Waals surface area (Å²) in [7, 11) is 0. The van der Waals surface area contributed by atoms with Gasteiger partial charge in [0, 0.05) is 25.6 Å². The van der Waals surface area contributed by atoms with E-state index in [-0.39, 0.29) is 25.0 Å². The lowest BCUT2D eigenvalue weighted by Gasteiger charge is -2.20. The minimum Gasteiger partial charge on any atom is -0.349 e. The maximum absolute atomic E-state index is 13.9. The monoisotopic (exact) mass is 237 g/mol. The van der Waals surface area contributed by atoms with Gasteiger partial charge in [0.25, 0.3) is 5.91 Å². The van der Waals surface area contributed by atoms with E-state index in [1.807, 2.05) is 0 Å². The van der Waals surface area contributed by atoms with Crippen LogP contribution in [0.3, 0.4) is 0 Å². The van der Waals surface area contributed by atoms with Crippen molar-refractivity contribution in [2.45, 2.75) is 24.6 Å². The fraction of sp³-hybridized carbons (Fsp3) is 0.889. The van der Waals surface area contributed by atoms with E-state index >= 15 is 0 Å². The van der Waals surface area contributed by atoms with Crippen LogP contribution in [-0.4, -0.2) is 43.8 Å². The number of amides is 1. The van der Waals surface area contributed by atoms with Crippen LogP contribution < -0.4 is 16.0 Å². The quantitative estimate of drug-likeness (QED) is 0.612. The highest BCUT2D eigenvalue weighted by molar-refractivity contribution is 5.86. The van der Waals surface area contributed by atoms with Gasteiger partial charge in [0.1, 0.15) is 0 Å². The summed E-state index contributed by atoms with van der Waals surface area (Å²) in [6.07, 6.45) is 1.19. The molecule has 0 spiro atoms. The molecule has 0 bridgehead atoms. The molecule has 4 nitrogen and oxygen atoms in total. The number of hydrogen-bond donors (Lipinski definition) is 3. The van der Waals surface area contributed by atoms with E-state index in [0.717, 1.165) is 19.5 Å². The maximum Gasteiger partial charge on any atom is 0.259 e. The van der Waals surface area contributed by atoms with Gasteiger partial charge in [0.05, 0.1) is 0 Å². The van der Waals surface area contributed by atoms with E-state index in [1.54, 1.807) is 0 Å². The molecule has 3 N–H and O–H groups in total. The van der Waals surface area contributed by atoms with Crippen molar-refractivity contribution in [3.63, 3.8) is 0 Å². The fourth-order valence-electron chi connectivity index (χ4n) is 1.95. The van der Waals surface area contributed by atoms with Gasteiger partial charge in [0.2, 0.25) is 5.67 Å². The molecule has 2 rings (SSSR count). The lowest BCUT2D eigenvalue weighted by Crippen LogP contribution is -2.49. The summed E-state index contributed by atoms with van der Waals surface area (Å²) in [6, 6.07) is 0.107. The molecule has 2 fully saturated rings. The maximum atomic E-state index is 13.9. The average Bonchev–Trinajstić information content (AvgIpc) is 2.76. The molecule has 0 aromatic heterocycles. The lowest BCUT2D eigenvalue weighted by atomic mass is 10.0. The third-order valence-electron chi connectivity index (χ3n) is 2.91. The highest BCUT2D eigenvalue weighted by Gasteiger charge is 2.42. The van der Waals surface area contributed by atoms with Gasteiger partial charge in [-0.15, -0.1) is 12.4 Å². The summed E-state index contributed by atoms with van der Waals surface area (Å²) in [5.41, 5.74) is -1.68. The van der Waals surface area contributed by atoms with Crippen molar-refractivity contribution in [1.29, 1.82) is 0 Å². The predicted octanol–water partition coefficient (Wildman–Crippen LogP) is -0.412. The highest BCUT2D eigenvalue weighted by atomic mass is 35.5. The molecule has 0 aliphatic carbocycles. The first-order valence-corrected chi connectivity index (χ1v) is 5.12. The van der Waals surface area contributed by atoms with Crippen LogP contribution in [0.15, 0.2) is 0 Å². The molecule has 2 saturated heterocycles. The molecule has 2 heterocycles. The van der Waals surface area contributed by atoms with Crippen molar-refractivity contribution in [2.75, 3.05) is 26.2 Å². The van der Waals surface area contributed by atoms with Gasteiger partial charge in [-0.1, -0.05) is 0 Å². The first-order valence-electron chi connectivity index (χ1n) is 5.12. The van der Waals surface area contributed by atoms with Crippen LogP contribution in [0.5, 0.6) is 0 Å². The molecule has 0 aromatic carbocycles. The smallest absolute Gasteiger partial charge is 0.259 e. The average molecular weight is 238 g/mol. The molecular weight excluding hydrogens is 221 g/mol. The molecule has 0 aromatic rings. The molecule has 2 unspecified atom stereocenters.